The van der Waals surface area contributed by atoms with Gasteiger partial charge in [-0.25, -0.2) is 0 Å². The van der Waals surface area contributed by atoms with Gasteiger partial charge in [0.1, 0.15) is 23.0 Å². The normalized spacial score (nSPS) is 16.7. The van der Waals surface area contributed by atoms with Crippen LogP contribution in [0.1, 0.15) is 66.6 Å². The number of carbonyl (C=O) groups excluding carboxylic acids is 5. The maximum Gasteiger partial charge on any atom is 1.00 e. The fourth-order valence-corrected chi connectivity index (χ4v) is 3.88. The van der Waals surface area contributed by atoms with Crippen molar-refractivity contribution in [2.24, 2.45) is 0 Å². The van der Waals surface area contributed by atoms with Gasteiger partial charge in [-0.2, -0.15) is 0 Å². The second kappa shape index (κ2) is 26.5. The number of alkyl halides is 1. The molecule has 2 aromatic carbocycles. The topological polar surface area (TPSA) is 166 Å². The van der Waals surface area contributed by atoms with E-state index < -0.39 is 0 Å². The number of benzene rings is 2. The van der Waals surface area contributed by atoms with E-state index in [0.717, 1.165) is 38.5 Å². The molecule has 11 nitrogen and oxygen atoms in total. The molecule has 0 radical (unpaired) electrons. The van der Waals surface area contributed by atoms with E-state index in [-0.39, 0.29) is 151 Å². The molecule has 14 heteroatoms. The number of halogens is 1. The van der Waals surface area contributed by atoms with Crippen LogP contribution >= 0.6 is 11.6 Å². The molecule has 4 rings (SSSR count). The second-order valence-electron chi connectivity index (χ2n) is 8.84. The molecule has 1 N–H and O–H groups in total. The Balaban J connectivity index is -0.000000558. The summed E-state index contributed by atoms with van der Waals surface area (Å²) in [6.07, 6.45) is 6.82. The SMILES string of the molecule is CC(=O)Oc1ccc(O)cc1.CC(=O)Oc1ccc(OC2CCCCC2=O)cc1.O=C1CCCCC1Cl.O=CO[O-].[H-].[K+].[K+]. The summed E-state index contributed by atoms with van der Waals surface area (Å²) in [5, 5.41) is 17.1. The number of aromatic hydroxyl groups is 1. The molecule has 2 unspecified atom stereocenters. The Morgan fingerprint density at radius 1 is 0.814 bits per heavy atom. The van der Waals surface area contributed by atoms with Crippen molar-refractivity contribution in [1.29, 1.82) is 0 Å². The van der Waals surface area contributed by atoms with Gasteiger partial charge in [0.25, 0.3) is 6.47 Å². The molecule has 43 heavy (non-hydrogen) atoms. The zero-order chi connectivity index (χ0) is 30.6. The first-order valence-corrected chi connectivity index (χ1v) is 13.3. The average molecular weight is 673 g/mol. The van der Waals surface area contributed by atoms with Gasteiger partial charge in [0, 0.05) is 26.7 Å². The van der Waals surface area contributed by atoms with Crippen molar-refractivity contribution in [1.82, 2.24) is 0 Å². The molecule has 2 atom stereocenters. The van der Waals surface area contributed by atoms with Crippen LogP contribution in [0.2, 0.25) is 0 Å². The van der Waals surface area contributed by atoms with E-state index in [1.807, 2.05) is 0 Å². The number of esters is 2. The van der Waals surface area contributed by atoms with Crippen molar-refractivity contribution in [3.05, 3.63) is 48.5 Å². The van der Waals surface area contributed by atoms with Gasteiger partial charge in [-0.05, 0) is 80.6 Å². The van der Waals surface area contributed by atoms with Gasteiger partial charge in [0.15, 0.2) is 17.7 Å². The second-order valence-corrected chi connectivity index (χ2v) is 9.37. The molecule has 2 fully saturated rings. The molecular weight excluding hydrogens is 638 g/mol. The Kier molecular flexibility index (Phi) is 27.4. The van der Waals surface area contributed by atoms with Gasteiger partial charge in [0.05, 0.1) is 5.38 Å². The van der Waals surface area contributed by atoms with Crippen molar-refractivity contribution in [3.8, 4) is 23.0 Å². The first-order valence-electron chi connectivity index (χ1n) is 12.9. The summed E-state index contributed by atoms with van der Waals surface area (Å²) in [5.74, 6) is 1.39. The minimum Gasteiger partial charge on any atom is -1.00 e. The molecule has 2 saturated carbocycles. The summed E-state index contributed by atoms with van der Waals surface area (Å²) in [5.41, 5.74) is 0. The van der Waals surface area contributed by atoms with Crippen LogP contribution in [0.4, 0.5) is 0 Å². The van der Waals surface area contributed by atoms with Gasteiger partial charge in [-0.1, -0.05) is 6.42 Å². The summed E-state index contributed by atoms with van der Waals surface area (Å²) in [6.45, 7) is 2.50. The number of carbonyl (C=O) groups is 5. The summed E-state index contributed by atoms with van der Waals surface area (Å²) in [6, 6.07) is 12.7. The van der Waals surface area contributed by atoms with Crippen molar-refractivity contribution in [2.45, 2.75) is 76.7 Å². The van der Waals surface area contributed by atoms with Crippen LogP contribution in [0, 0.1) is 0 Å². The van der Waals surface area contributed by atoms with Crippen LogP contribution in [0.5, 0.6) is 23.0 Å². The van der Waals surface area contributed by atoms with Crippen molar-refractivity contribution >= 4 is 41.6 Å². The molecule has 0 spiro atoms. The van der Waals surface area contributed by atoms with E-state index in [0.29, 0.717) is 30.1 Å². The van der Waals surface area contributed by atoms with Gasteiger partial charge in [-0.3, -0.25) is 24.0 Å². The smallest absolute Gasteiger partial charge is 1.00 e. The van der Waals surface area contributed by atoms with Crippen LogP contribution in [-0.4, -0.2) is 46.6 Å². The fraction of sp³-hybridized carbons (Fsp3) is 0.414. The van der Waals surface area contributed by atoms with E-state index in [4.69, 9.17) is 41.0 Å². The van der Waals surface area contributed by atoms with E-state index in [1.165, 1.54) is 38.1 Å². The van der Waals surface area contributed by atoms with Crippen LogP contribution < -0.4 is 122 Å². The van der Waals surface area contributed by atoms with E-state index in [2.05, 4.69) is 4.89 Å². The molecule has 0 amide bonds. The largest absolute Gasteiger partial charge is 1.00 e. The quantitative estimate of drug-likeness (QED) is 0.0718. The number of ketones is 2. The third kappa shape index (κ3) is 21.6. The predicted octanol–water partition coefficient (Wildman–Crippen LogP) is -1.89. The van der Waals surface area contributed by atoms with Gasteiger partial charge < -0.3 is 30.9 Å². The van der Waals surface area contributed by atoms with Crippen molar-refractivity contribution in [2.75, 3.05) is 0 Å². The summed E-state index contributed by atoms with van der Waals surface area (Å²) < 4.78 is 15.3. The average Bonchev–Trinajstić information content (AvgIpc) is 2.94. The minimum absolute atomic E-state index is 0. The third-order valence-electron chi connectivity index (χ3n) is 5.48. The maximum atomic E-state index is 11.6. The molecule has 0 saturated heterocycles. The van der Waals surface area contributed by atoms with Crippen LogP contribution in [-0.2, 0) is 28.9 Å². The Morgan fingerprint density at radius 3 is 1.60 bits per heavy atom. The summed E-state index contributed by atoms with van der Waals surface area (Å²) >= 11 is 5.62. The summed E-state index contributed by atoms with van der Waals surface area (Å²) in [7, 11) is 0. The first kappa shape index (κ1) is 44.4. The monoisotopic (exact) mass is 672 g/mol. The van der Waals surface area contributed by atoms with Crippen LogP contribution in [0.15, 0.2) is 48.5 Å². The fourth-order valence-electron chi connectivity index (χ4n) is 3.61. The standard InChI is InChI=1S/C14H16O4.C8H8O3.C6H9ClO.CH2O3.2K.H/c1-10(15)17-11-6-8-12(9-7-11)18-14-5-3-2-4-13(14)16;1-6(9)11-8-4-2-7(10)3-5-8;7-5-3-1-2-4-6(5)8;2-1-4-3;;;/h6-9,14H,2-5H2,1H3;2-5,10H,1H3;5H,1-4H2;1,3H;;;/q;;;;2*+1;-1/p-1. The minimum atomic E-state index is -0.365. The molecule has 2 aliphatic carbocycles. The number of rotatable bonds is 5. The molecule has 0 aromatic heterocycles. The Labute approximate surface area is 342 Å². The molecule has 0 heterocycles. The molecule has 2 aromatic rings. The summed E-state index contributed by atoms with van der Waals surface area (Å²) in [4.78, 5) is 54.7. The van der Waals surface area contributed by atoms with E-state index in [1.54, 1.807) is 24.3 Å². The zero-order valence-electron chi connectivity index (χ0n) is 25.9. The van der Waals surface area contributed by atoms with Gasteiger partial charge in [-0.15, -0.1) is 11.6 Å². The zero-order valence-corrected chi connectivity index (χ0v) is 31.9. The molecule has 0 aliphatic heterocycles. The molecular formula is C29H35ClK2O11. The van der Waals surface area contributed by atoms with Crippen LogP contribution in [0.3, 0.4) is 0 Å². The maximum absolute atomic E-state index is 11.6. The number of hydrogen-bond donors (Lipinski definition) is 1. The number of hydrogen-bond acceptors (Lipinski definition) is 11. The van der Waals surface area contributed by atoms with E-state index in [9.17, 15) is 19.2 Å². The van der Waals surface area contributed by atoms with Crippen LogP contribution in [0.25, 0.3) is 0 Å². The van der Waals surface area contributed by atoms with Crippen molar-refractivity contribution < 1.29 is 158 Å². The first-order chi connectivity index (χ1) is 19.5. The predicted molar refractivity (Wildman–Crippen MR) is 146 cm³/mol. The van der Waals surface area contributed by atoms with Crippen molar-refractivity contribution in [3.63, 3.8) is 0 Å². The van der Waals surface area contributed by atoms with E-state index >= 15 is 0 Å². The number of phenols is 1. The molecule has 2 aliphatic rings. The number of ether oxygens (including phenoxy) is 3. The van der Waals surface area contributed by atoms with Gasteiger partial charge >= 0.3 is 115 Å². The Bertz CT molecular complexity index is 1120. The molecule has 226 valence electrons. The van der Waals surface area contributed by atoms with Gasteiger partial charge in [0.2, 0.25) is 0 Å². The number of Topliss-reactive ketones (excluding diaryl/α,β-unsaturated/α-hetero) is 2. The Hall–Kier alpha value is -0.687. The number of phenolic OH excluding ortho intramolecular Hbond substituents is 1. The third-order valence-corrected chi connectivity index (χ3v) is 5.94. The molecule has 0 bridgehead atoms. The Morgan fingerprint density at radius 2 is 1.23 bits per heavy atom.